The molecule has 0 spiro atoms. The molecule has 136 valence electrons. The number of hydrogen-bond donors (Lipinski definition) is 0. The highest BCUT2D eigenvalue weighted by atomic mass is 19.4. The van der Waals surface area contributed by atoms with E-state index in [2.05, 4.69) is 9.84 Å². The Labute approximate surface area is 141 Å². The molecule has 0 bridgehead atoms. The molecule has 1 heterocycles. The van der Waals surface area contributed by atoms with Gasteiger partial charge in [-0.15, -0.1) is 0 Å². The van der Waals surface area contributed by atoms with Crippen LogP contribution in [0.1, 0.15) is 25.0 Å². The van der Waals surface area contributed by atoms with Crippen molar-refractivity contribution in [2.45, 2.75) is 26.6 Å². The molecule has 10 heteroatoms. The maximum Gasteiger partial charge on any atom is 0.419 e. The zero-order chi connectivity index (χ0) is 19.2. The number of ketones is 1. The Morgan fingerprint density at radius 1 is 1.32 bits per heavy atom. The molecule has 2 rings (SSSR count). The van der Waals surface area contributed by atoms with Crippen molar-refractivity contribution in [2.24, 2.45) is 0 Å². The normalized spacial score (nSPS) is 10.6. The Morgan fingerprint density at radius 2 is 1.92 bits per heavy atom. The van der Waals surface area contributed by atoms with Crippen LogP contribution in [0, 0.1) is 10.1 Å². The lowest BCUT2D eigenvalue weighted by atomic mass is 10.1. The number of carbonyl (C=O) groups excluding carboxylic acids is 1. The summed E-state index contributed by atoms with van der Waals surface area (Å²) in [7, 11) is 1.15. The van der Waals surface area contributed by atoms with Gasteiger partial charge in [-0.2, -0.15) is 17.9 Å². The number of nitro groups is 1. The van der Waals surface area contributed by atoms with E-state index in [9.17, 15) is 28.1 Å². The van der Waals surface area contributed by atoms with Gasteiger partial charge in [0, 0.05) is 0 Å². The summed E-state index contributed by atoms with van der Waals surface area (Å²) in [6, 6.07) is 4.76. The molecule has 0 saturated carbocycles. The molecule has 0 radical (unpaired) electrons. The van der Waals surface area contributed by atoms with Gasteiger partial charge in [0.2, 0.25) is 0 Å². The second-order valence-electron chi connectivity index (χ2n) is 5.07. The van der Waals surface area contributed by atoms with Crippen molar-refractivity contribution in [2.75, 3.05) is 7.11 Å². The SMILES string of the molecule is CC(C)=O.COc1ccc(Cn2ccc([N+](=O)[O-])n2)cc1C(F)(F)F. The minimum Gasteiger partial charge on any atom is -0.496 e. The van der Waals surface area contributed by atoms with Gasteiger partial charge >= 0.3 is 12.0 Å². The van der Waals surface area contributed by atoms with Crippen LogP contribution >= 0.6 is 0 Å². The zero-order valence-corrected chi connectivity index (χ0v) is 13.7. The van der Waals surface area contributed by atoms with Gasteiger partial charge in [-0.25, -0.2) is 0 Å². The third kappa shape index (κ3) is 6.24. The van der Waals surface area contributed by atoms with Crippen LogP contribution in [-0.2, 0) is 17.5 Å². The Bertz CT molecular complexity index is 753. The van der Waals surface area contributed by atoms with Crippen molar-refractivity contribution >= 4 is 11.6 Å². The first-order chi connectivity index (χ1) is 11.5. The van der Waals surface area contributed by atoms with Gasteiger partial charge < -0.3 is 19.6 Å². The maximum atomic E-state index is 12.9. The summed E-state index contributed by atoms with van der Waals surface area (Å²) in [6.45, 7) is 3.04. The van der Waals surface area contributed by atoms with E-state index < -0.39 is 16.7 Å². The van der Waals surface area contributed by atoms with E-state index in [0.29, 0.717) is 5.56 Å². The number of nitrogens with zero attached hydrogens (tertiary/aromatic N) is 3. The molecular formula is C15H16F3N3O4. The standard InChI is InChI=1S/C12H10F3N3O3.C3H6O/c1-21-10-3-2-8(6-9(10)12(13,14)15)7-17-5-4-11(16-17)18(19)20;1-3(2)4/h2-6H,7H2,1H3;1-2H3. The molecule has 1 aromatic heterocycles. The lowest BCUT2D eigenvalue weighted by Crippen LogP contribution is -2.09. The van der Waals surface area contributed by atoms with E-state index in [4.69, 9.17) is 0 Å². The summed E-state index contributed by atoms with van der Waals surface area (Å²) in [4.78, 5) is 19.3. The number of halogens is 3. The van der Waals surface area contributed by atoms with Crippen molar-refractivity contribution in [3.8, 4) is 5.75 Å². The van der Waals surface area contributed by atoms with E-state index in [-0.39, 0.29) is 23.9 Å². The first-order valence-corrected chi connectivity index (χ1v) is 6.93. The van der Waals surface area contributed by atoms with E-state index in [1.54, 1.807) is 0 Å². The molecule has 25 heavy (non-hydrogen) atoms. The largest absolute Gasteiger partial charge is 0.496 e. The van der Waals surface area contributed by atoms with E-state index in [1.807, 2.05) is 0 Å². The molecule has 0 unspecified atom stereocenters. The van der Waals surface area contributed by atoms with Gasteiger partial charge in [0.05, 0.1) is 36.6 Å². The number of ether oxygens (including phenoxy) is 1. The van der Waals surface area contributed by atoms with Crippen molar-refractivity contribution in [3.05, 3.63) is 51.7 Å². The molecule has 0 amide bonds. The number of aromatic nitrogens is 2. The van der Waals surface area contributed by atoms with Gasteiger partial charge in [0.15, 0.2) is 0 Å². The van der Waals surface area contributed by atoms with Crippen molar-refractivity contribution in [1.82, 2.24) is 9.78 Å². The number of Topliss-reactive ketones (excluding diaryl/α,β-unsaturated/α-hetero) is 1. The van der Waals surface area contributed by atoms with Crippen LogP contribution in [0.2, 0.25) is 0 Å². The molecule has 0 saturated heterocycles. The summed E-state index contributed by atoms with van der Waals surface area (Å²) in [5.41, 5.74) is -0.592. The highest BCUT2D eigenvalue weighted by molar-refractivity contribution is 5.72. The number of benzene rings is 1. The van der Waals surface area contributed by atoms with Crippen LogP contribution in [0.4, 0.5) is 19.0 Å². The lowest BCUT2D eigenvalue weighted by molar-refractivity contribution is -0.389. The Kier molecular flexibility index (Phi) is 6.66. The van der Waals surface area contributed by atoms with Crippen molar-refractivity contribution in [3.63, 3.8) is 0 Å². The molecule has 0 aliphatic heterocycles. The van der Waals surface area contributed by atoms with E-state index in [0.717, 1.165) is 13.2 Å². The molecule has 0 aliphatic carbocycles. The maximum absolute atomic E-state index is 12.9. The highest BCUT2D eigenvalue weighted by Crippen LogP contribution is 2.36. The molecule has 2 aromatic rings. The minimum atomic E-state index is -4.54. The highest BCUT2D eigenvalue weighted by Gasteiger charge is 2.34. The van der Waals surface area contributed by atoms with Crippen LogP contribution in [0.25, 0.3) is 0 Å². The molecular weight excluding hydrogens is 343 g/mol. The lowest BCUT2D eigenvalue weighted by Gasteiger charge is -2.13. The Morgan fingerprint density at radius 3 is 2.36 bits per heavy atom. The fourth-order valence-corrected chi connectivity index (χ4v) is 1.80. The summed E-state index contributed by atoms with van der Waals surface area (Å²) in [5, 5.41) is 14.1. The number of hydrogen-bond acceptors (Lipinski definition) is 5. The first kappa shape index (κ1) is 20.1. The summed E-state index contributed by atoms with van der Waals surface area (Å²) >= 11 is 0. The van der Waals surface area contributed by atoms with Gasteiger partial charge in [-0.05, 0) is 36.5 Å². The van der Waals surface area contributed by atoms with Crippen LogP contribution < -0.4 is 4.74 Å². The molecule has 0 aliphatic rings. The zero-order valence-electron chi connectivity index (χ0n) is 13.7. The molecule has 7 nitrogen and oxygen atoms in total. The summed E-state index contributed by atoms with van der Waals surface area (Å²) in [6.07, 6.45) is -3.22. The number of rotatable bonds is 4. The van der Waals surface area contributed by atoms with E-state index >= 15 is 0 Å². The summed E-state index contributed by atoms with van der Waals surface area (Å²) in [5.74, 6) is -0.475. The number of methoxy groups -OCH3 is 1. The second-order valence-corrected chi connectivity index (χ2v) is 5.07. The molecule has 1 aromatic carbocycles. The topological polar surface area (TPSA) is 87.3 Å². The average Bonchev–Trinajstić information content (AvgIpc) is 2.94. The van der Waals surface area contributed by atoms with Crippen LogP contribution in [-0.4, -0.2) is 27.6 Å². The van der Waals surface area contributed by atoms with Gasteiger partial charge in [-0.3, -0.25) is 0 Å². The minimum absolute atomic E-state index is 0.0130. The third-order valence-corrected chi connectivity index (χ3v) is 2.73. The predicted octanol–water partition coefficient (Wildman–Crippen LogP) is 3.46. The van der Waals surface area contributed by atoms with Gasteiger partial charge in [0.25, 0.3) is 0 Å². The fraction of sp³-hybridized carbons (Fsp3) is 0.333. The van der Waals surface area contributed by atoms with Crippen LogP contribution in [0.5, 0.6) is 5.75 Å². The van der Waals surface area contributed by atoms with Crippen molar-refractivity contribution in [1.29, 1.82) is 0 Å². The first-order valence-electron chi connectivity index (χ1n) is 6.93. The smallest absolute Gasteiger partial charge is 0.419 e. The molecule has 0 fully saturated rings. The van der Waals surface area contributed by atoms with Gasteiger partial charge in [-0.1, -0.05) is 6.07 Å². The molecule has 0 N–H and O–H groups in total. The second kappa shape index (κ2) is 8.27. The van der Waals surface area contributed by atoms with Crippen molar-refractivity contribution < 1.29 is 27.6 Å². The summed E-state index contributed by atoms with van der Waals surface area (Å²) < 4.78 is 44.5. The average molecular weight is 359 g/mol. The number of carbonyl (C=O) groups is 1. The van der Waals surface area contributed by atoms with Crippen LogP contribution in [0.3, 0.4) is 0 Å². The number of alkyl halides is 3. The van der Waals surface area contributed by atoms with E-state index in [1.165, 1.54) is 42.9 Å². The Balaban J connectivity index is 0.000000705. The van der Waals surface area contributed by atoms with Gasteiger partial charge in [0.1, 0.15) is 11.5 Å². The predicted molar refractivity (Wildman–Crippen MR) is 82.3 cm³/mol. The van der Waals surface area contributed by atoms with Crippen LogP contribution in [0.15, 0.2) is 30.5 Å². The third-order valence-electron chi connectivity index (χ3n) is 2.73. The fourth-order valence-electron chi connectivity index (χ4n) is 1.80. The monoisotopic (exact) mass is 359 g/mol. The quantitative estimate of drug-likeness (QED) is 0.616. The molecule has 0 atom stereocenters. The Hall–Kier alpha value is -2.91.